The molecule has 2 aromatic heterocycles. The van der Waals surface area contributed by atoms with E-state index in [9.17, 15) is 9.18 Å². The zero-order chi connectivity index (χ0) is 19.2. The average Bonchev–Trinajstić information content (AvgIpc) is 3.15. The molecule has 8 nitrogen and oxygen atoms in total. The van der Waals surface area contributed by atoms with Crippen molar-refractivity contribution in [1.82, 2.24) is 20.1 Å². The SMILES string of the molecule is Cc1ccc(-c2noc(C(C)OC(=O)CCNc3ncccn3)n2)cc1F. The van der Waals surface area contributed by atoms with Gasteiger partial charge in [0, 0.05) is 24.5 Å². The van der Waals surface area contributed by atoms with Crippen molar-refractivity contribution in [3.63, 3.8) is 0 Å². The van der Waals surface area contributed by atoms with E-state index in [0.29, 0.717) is 23.6 Å². The van der Waals surface area contributed by atoms with Crippen LogP contribution in [0.2, 0.25) is 0 Å². The number of hydrogen-bond donors (Lipinski definition) is 1. The zero-order valence-electron chi connectivity index (χ0n) is 14.8. The molecule has 3 rings (SSSR count). The number of aromatic nitrogens is 4. The molecule has 1 N–H and O–H groups in total. The van der Waals surface area contributed by atoms with Crippen LogP contribution in [-0.4, -0.2) is 32.6 Å². The minimum Gasteiger partial charge on any atom is -0.452 e. The number of nitrogens with zero attached hydrogens (tertiary/aromatic N) is 4. The number of anilines is 1. The van der Waals surface area contributed by atoms with Crippen molar-refractivity contribution in [2.75, 3.05) is 11.9 Å². The highest BCUT2D eigenvalue weighted by Crippen LogP contribution is 2.22. The maximum atomic E-state index is 13.7. The van der Waals surface area contributed by atoms with Crippen LogP contribution in [0.1, 0.15) is 30.9 Å². The smallest absolute Gasteiger partial charge is 0.308 e. The summed E-state index contributed by atoms with van der Waals surface area (Å²) >= 11 is 0. The van der Waals surface area contributed by atoms with Crippen LogP contribution in [-0.2, 0) is 9.53 Å². The molecule has 140 valence electrons. The van der Waals surface area contributed by atoms with E-state index in [1.54, 1.807) is 44.4 Å². The fourth-order valence-corrected chi connectivity index (χ4v) is 2.22. The Morgan fingerprint density at radius 1 is 1.33 bits per heavy atom. The Bertz CT molecular complexity index is 916. The highest BCUT2D eigenvalue weighted by Gasteiger charge is 2.19. The third kappa shape index (κ3) is 4.84. The second-order valence-corrected chi connectivity index (χ2v) is 5.80. The highest BCUT2D eigenvalue weighted by atomic mass is 19.1. The predicted octanol–water partition coefficient (Wildman–Crippen LogP) is 3.08. The van der Waals surface area contributed by atoms with Crippen molar-refractivity contribution in [2.45, 2.75) is 26.4 Å². The quantitative estimate of drug-likeness (QED) is 0.632. The Morgan fingerprint density at radius 3 is 2.85 bits per heavy atom. The third-order valence-corrected chi connectivity index (χ3v) is 3.71. The van der Waals surface area contributed by atoms with Crippen LogP contribution in [0, 0.1) is 12.7 Å². The number of carbonyl (C=O) groups excluding carboxylic acids is 1. The number of carbonyl (C=O) groups is 1. The van der Waals surface area contributed by atoms with Gasteiger partial charge in [0.25, 0.3) is 5.89 Å². The lowest BCUT2D eigenvalue weighted by Crippen LogP contribution is -2.14. The van der Waals surface area contributed by atoms with E-state index in [-0.39, 0.29) is 24.0 Å². The first kappa shape index (κ1) is 18.4. The van der Waals surface area contributed by atoms with E-state index in [0.717, 1.165) is 0 Å². The Labute approximate surface area is 154 Å². The standard InChI is InChI=1S/C18H18FN5O3/c1-11-4-5-13(10-14(11)19)16-23-17(27-24-16)12(2)26-15(25)6-9-22-18-20-7-3-8-21-18/h3-5,7-8,10,12H,6,9H2,1-2H3,(H,20,21,22). The molecule has 0 bridgehead atoms. The highest BCUT2D eigenvalue weighted by molar-refractivity contribution is 5.70. The number of benzene rings is 1. The number of ether oxygens (including phenoxy) is 1. The molecule has 9 heteroatoms. The molecule has 0 aliphatic rings. The van der Waals surface area contributed by atoms with Gasteiger partial charge in [-0.3, -0.25) is 4.79 Å². The molecule has 0 spiro atoms. The van der Waals surface area contributed by atoms with Gasteiger partial charge in [0.05, 0.1) is 6.42 Å². The summed E-state index contributed by atoms with van der Waals surface area (Å²) in [5.74, 6) is 0.0129. The van der Waals surface area contributed by atoms with Gasteiger partial charge < -0.3 is 14.6 Å². The first-order valence-electron chi connectivity index (χ1n) is 8.33. The second kappa shape index (κ2) is 8.35. The van der Waals surface area contributed by atoms with Gasteiger partial charge in [0.15, 0.2) is 6.10 Å². The third-order valence-electron chi connectivity index (χ3n) is 3.71. The van der Waals surface area contributed by atoms with E-state index in [2.05, 4.69) is 25.4 Å². The van der Waals surface area contributed by atoms with Crippen LogP contribution in [0.3, 0.4) is 0 Å². The summed E-state index contributed by atoms with van der Waals surface area (Å²) in [5.41, 5.74) is 1.01. The van der Waals surface area contributed by atoms with Gasteiger partial charge in [-0.1, -0.05) is 17.3 Å². The number of nitrogens with one attached hydrogen (secondary N) is 1. The van der Waals surface area contributed by atoms with Gasteiger partial charge in [-0.25, -0.2) is 14.4 Å². The Morgan fingerprint density at radius 2 is 2.11 bits per heavy atom. The molecule has 2 heterocycles. The molecule has 0 saturated heterocycles. The van der Waals surface area contributed by atoms with Gasteiger partial charge in [-0.05, 0) is 31.5 Å². The zero-order valence-corrected chi connectivity index (χ0v) is 14.8. The van der Waals surface area contributed by atoms with Crippen molar-refractivity contribution in [3.05, 3.63) is 53.9 Å². The number of hydrogen-bond acceptors (Lipinski definition) is 8. The molecule has 3 aromatic rings. The summed E-state index contributed by atoms with van der Waals surface area (Å²) in [4.78, 5) is 24.1. The van der Waals surface area contributed by atoms with Crippen LogP contribution in [0.5, 0.6) is 0 Å². The maximum absolute atomic E-state index is 13.7. The lowest BCUT2D eigenvalue weighted by molar-refractivity contribution is -0.149. The first-order valence-corrected chi connectivity index (χ1v) is 8.33. The molecule has 1 atom stereocenters. The normalized spacial score (nSPS) is 11.8. The minimum absolute atomic E-state index is 0.118. The van der Waals surface area contributed by atoms with Gasteiger partial charge >= 0.3 is 5.97 Å². The number of halogens is 1. The second-order valence-electron chi connectivity index (χ2n) is 5.80. The number of aryl methyl sites for hydroxylation is 1. The van der Waals surface area contributed by atoms with E-state index in [1.165, 1.54) is 6.07 Å². The van der Waals surface area contributed by atoms with Crippen molar-refractivity contribution < 1.29 is 18.4 Å². The summed E-state index contributed by atoms with van der Waals surface area (Å²) in [6.07, 6.45) is 2.60. The van der Waals surface area contributed by atoms with E-state index in [4.69, 9.17) is 9.26 Å². The summed E-state index contributed by atoms with van der Waals surface area (Å²) in [5, 5.41) is 6.73. The lowest BCUT2D eigenvalue weighted by atomic mass is 10.1. The van der Waals surface area contributed by atoms with E-state index >= 15 is 0 Å². The summed E-state index contributed by atoms with van der Waals surface area (Å²) in [6.45, 7) is 3.62. The fourth-order valence-electron chi connectivity index (χ4n) is 2.22. The van der Waals surface area contributed by atoms with Gasteiger partial charge in [-0.2, -0.15) is 4.98 Å². The van der Waals surface area contributed by atoms with Crippen LogP contribution >= 0.6 is 0 Å². The maximum Gasteiger partial charge on any atom is 0.308 e. The van der Waals surface area contributed by atoms with Crippen LogP contribution < -0.4 is 5.32 Å². The van der Waals surface area contributed by atoms with Crippen molar-refractivity contribution in [3.8, 4) is 11.4 Å². The molecule has 0 saturated carbocycles. The van der Waals surface area contributed by atoms with E-state index < -0.39 is 12.1 Å². The van der Waals surface area contributed by atoms with Gasteiger partial charge in [0.1, 0.15) is 5.82 Å². The summed E-state index contributed by atoms with van der Waals surface area (Å²) in [7, 11) is 0. The van der Waals surface area contributed by atoms with Crippen molar-refractivity contribution in [2.24, 2.45) is 0 Å². The first-order chi connectivity index (χ1) is 13.0. The fraction of sp³-hybridized carbons (Fsp3) is 0.278. The van der Waals surface area contributed by atoms with Gasteiger partial charge in [-0.15, -0.1) is 0 Å². The molecule has 0 fully saturated rings. The molecule has 0 aliphatic heterocycles. The number of esters is 1. The Kier molecular flexibility index (Phi) is 5.70. The molecular formula is C18H18FN5O3. The topological polar surface area (TPSA) is 103 Å². The van der Waals surface area contributed by atoms with Crippen LogP contribution in [0.25, 0.3) is 11.4 Å². The molecule has 0 aliphatic carbocycles. The monoisotopic (exact) mass is 371 g/mol. The molecule has 27 heavy (non-hydrogen) atoms. The van der Waals surface area contributed by atoms with Crippen molar-refractivity contribution >= 4 is 11.9 Å². The Balaban J connectivity index is 1.53. The summed E-state index contributed by atoms with van der Waals surface area (Å²) < 4.78 is 24.1. The molecular weight excluding hydrogens is 353 g/mol. The van der Waals surface area contributed by atoms with Gasteiger partial charge in [0.2, 0.25) is 11.8 Å². The predicted molar refractivity (Wildman–Crippen MR) is 94.1 cm³/mol. The molecule has 1 aromatic carbocycles. The largest absolute Gasteiger partial charge is 0.452 e. The number of rotatable bonds is 7. The molecule has 0 radical (unpaired) electrons. The molecule has 0 amide bonds. The van der Waals surface area contributed by atoms with Crippen LogP contribution in [0.4, 0.5) is 10.3 Å². The summed E-state index contributed by atoms with van der Waals surface area (Å²) in [6, 6.07) is 6.36. The Hall–Kier alpha value is -3.36. The van der Waals surface area contributed by atoms with E-state index in [1.807, 2.05) is 0 Å². The van der Waals surface area contributed by atoms with Crippen LogP contribution in [0.15, 0.2) is 41.2 Å². The lowest BCUT2D eigenvalue weighted by Gasteiger charge is -2.09. The molecule has 1 unspecified atom stereocenters. The average molecular weight is 371 g/mol. The van der Waals surface area contributed by atoms with Crippen molar-refractivity contribution in [1.29, 1.82) is 0 Å². The minimum atomic E-state index is -0.720.